The summed E-state index contributed by atoms with van der Waals surface area (Å²) in [5.74, 6) is 1.32. The van der Waals surface area contributed by atoms with E-state index >= 15 is 0 Å². The van der Waals surface area contributed by atoms with Gasteiger partial charge < -0.3 is 24.6 Å². The van der Waals surface area contributed by atoms with Gasteiger partial charge in [0.1, 0.15) is 17.3 Å². The zero-order valence-corrected chi connectivity index (χ0v) is 18.9. The number of benzene rings is 2. The number of aryl methyl sites for hydroxylation is 1. The lowest BCUT2D eigenvalue weighted by atomic mass is 10.1. The van der Waals surface area contributed by atoms with Gasteiger partial charge in [-0.05, 0) is 37.1 Å². The van der Waals surface area contributed by atoms with E-state index in [0.717, 1.165) is 50.2 Å². The van der Waals surface area contributed by atoms with Crippen molar-refractivity contribution in [3.63, 3.8) is 0 Å². The Kier molecular flexibility index (Phi) is 7.13. The molecule has 2 heterocycles. The van der Waals surface area contributed by atoms with Gasteiger partial charge in [0.2, 0.25) is 0 Å². The number of anilines is 2. The van der Waals surface area contributed by atoms with E-state index in [2.05, 4.69) is 21.3 Å². The number of aromatic hydroxyl groups is 1. The number of hydrogen-bond donors (Lipinski definition) is 2. The normalized spacial score (nSPS) is 14.1. The fourth-order valence-corrected chi connectivity index (χ4v) is 3.86. The summed E-state index contributed by atoms with van der Waals surface area (Å²) in [7, 11) is 1.60. The van der Waals surface area contributed by atoms with Gasteiger partial charge >= 0.3 is 0 Å². The molecule has 3 aromatic rings. The number of methoxy groups -OCH3 is 1. The highest BCUT2D eigenvalue weighted by Crippen LogP contribution is 2.39. The van der Waals surface area contributed by atoms with Crippen molar-refractivity contribution < 1.29 is 19.3 Å². The van der Waals surface area contributed by atoms with Gasteiger partial charge in [0, 0.05) is 43.0 Å². The smallest absolute Gasteiger partial charge is 0.187 e. The maximum Gasteiger partial charge on any atom is 0.187 e. The zero-order chi connectivity index (χ0) is 23.2. The van der Waals surface area contributed by atoms with Crippen molar-refractivity contribution in [1.29, 1.82) is 5.26 Å². The number of rotatable bonds is 8. The highest BCUT2D eigenvalue weighted by atomic mass is 16.5. The predicted octanol–water partition coefficient (Wildman–Crippen LogP) is 3.97. The summed E-state index contributed by atoms with van der Waals surface area (Å²) < 4.78 is 17.1. The molecule has 8 heteroatoms. The lowest BCUT2D eigenvalue weighted by Gasteiger charge is -2.26. The highest BCUT2D eigenvalue weighted by Gasteiger charge is 2.17. The van der Waals surface area contributed by atoms with Gasteiger partial charge in [0.15, 0.2) is 11.5 Å². The first kappa shape index (κ1) is 22.6. The van der Waals surface area contributed by atoms with Crippen LogP contribution < -0.4 is 14.8 Å². The maximum atomic E-state index is 10.1. The van der Waals surface area contributed by atoms with Gasteiger partial charge in [-0.3, -0.25) is 9.88 Å². The Bertz CT molecular complexity index is 1170. The molecule has 0 atom stereocenters. The van der Waals surface area contributed by atoms with Crippen LogP contribution >= 0.6 is 0 Å². The van der Waals surface area contributed by atoms with E-state index < -0.39 is 0 Å². The van der Waals surface area contributed by atoms with Crippen molar-refractivity contribution in [3.8, 4) is 23.3 Å². The number of nitrogens with one attached hydrogen (secondary N) is 1. The second kappa shape index (κ2) is 10.4. The Morgan fingerprint density at radius 1 is 1.24 bits per heavy atom. The number of nitrogens with zero attached hydrogens (tertiary/aromatic N) is 3. The second-order valence-corrected chi connectivity index (χ2v) is 7.93. The number of pyridine rings is 1. The standard InChI is InChI=1S/C25H28N4O4/c1-17-4-5-19(14-21(17)30)28-23-18(15-26)16-27-24-20(23)6-7-22(31-2)25(24)33-11-3-8-29-9-12-32-13-10-29/h4-7,14,16,30H,3,8-13H2,1-2H3,(H,27,28). The SMILES string of the molecule is COc1ccc2c(Nc3ccc(C)c(O)c3)c(C#N)cnc2c1OCCCN1CCOCC1. The molecule has 2 aromatic carbocycles. The molecule has 4 rings (SSSR count). The van der Waals surface area contributed by atoms with E-state index in [1.165, 1.54) is 6.20 Å². The first-order chi connectivity index (χ1) is 16.1. The molecule has 1 aliphatic rings. The monoisotopic (exact) mass is 448 g/mol. The van der Waals surface area contributed by atoms with E-state index in [-0.39, 0.29) is 5.75 Å². The van der Waals surface area contributed by atoms with Gasteiger partial charge in [-0.25, -0.2) is 0 Å². The lowest BCUT2D eigenvalue weighted by molar-refractivity contribution is 0.0358. The molecule has 0 saturated carbocycles. The largest absolute Gasteiger partial charge is 0.508 e. The van der Waals surface area contributed by atoms with Gasteiger partial charge in [-0.1, -0.05) is 6.07 Å². The first-order valence-electron chi connectivity index (χ1n) is 11.0. The minimum Gasteiger partial charge on any atom is -0.508 e. The molecule has 0 bridgehead atoms. The fourth-order valence-electron chi connectivity index (χ4n) is 3.86. The van der Waals surface area contributed by atoms with E-state index in [1.54, 1.807) is 13.2 Å². The quantitative estimate of drug-likeness (QED) is 0.499. The van der Waals surface area contributed by atoms with E-state index in [9.17, 15) is 10.4 Å². The molecule has 8 nitrogen and oxygen atoms in total. The van der Waals surface area contributed by atoms with Crippen molar-refractivity contribution in [2.45, 2.75) is 13.3 Å². The molecule has 172 valence electrons. The summed E-state index contributed by atoms with van der Waals surface area (Å²) in [6.45, 7) is 6.72. The molecule has 0 unspecified atom stereocenters. The molecule has 0 amide bonds. The molecular weight excluding hydrogens is 420 g/mol. The van der Waals surface area contributed by atoms with E-state index in [1.807, 2.05) is 31.2 Å². The molecule has 1 aliphatic heterocycles. The first-order valence-corrected chi connectivity index (χ1v) is 11.0. The molecule has 1 saturated heterocycles. The number of hydrogen-bond acceptors (Lipinski definition) is 8. The van der Waals surface area contributed by atoms with E-state index in [0.29, 0.717) is 40.6 Å². The van der Waals surface area contributed by atoms with E-state index in [4.69, 9.17) is 14.2 Å². The van der Waals surface area contributed by atoms with Crippen molar-refractivity contribution in [3.05, 3.63) is 47.7 Å². The molecule has 1 aromatic heterocycles. The Hall–Kier alpha value is -3.54. The number of ether oxygens (including phenoxy) is 3. The molecule has 0 spiro atoms. The predicted molar refractivity (Wildman–Crippen MR) is 127 cm³/mol. The van der Waals surface area contributed by atoms with Crippen molar-refractivity contribution in [2.75, 3.05) is 51.9 Å². The third-order valence-electron chi connectivity index (χ3n) is 5.74. The number of morpholine rings is 1. The Morgan fingerprint density at radius 2 is 2.06 bits per heavy atom. The number of phenols is 1. The van der Waals surface area contributed by atoms with Crippen LogP contribution in [0.2, 0.25) is 0 Å². The summed E-state index contributed by atoms with van der Waals surface area (Å²) in [6, 6.07) is 11.2. The van der Waals surface area contributed by atoms with Crippen molar-refractivity contribution in [2.24, 2.45) is 0 Å². The third kappa shape index (κ3) is 5.11. The zero-order valence-electron chi connectivity index (χ0n) is 18.9. The van der Waals surface area contributed by atoms with Gasteiger partial charge in [-0.2, -0.15) is 5.26 Å². The number of fused-ring (bicyclic) bond motifs is 1. The minimum atomic E-state index is 0.183. The van der Waals surface area contributed by atoms with Crippen LogP contribution in [-0.2, 0) is 4.74 Å². The van der Waals surface area contributed by atoms with Crippen LogP contribution in [0.4, 0.5) is 11.4 Å². The van der Waals surface area contributed by atoms with Crippen LogP contribution in [0.5, 0.6) is 17.2 Å². The van der Waals surface area contributed by atoms with Gasteiger partial charge in [0.05, 0.1) is 38.2 Å². The summed E-state index contributed by atoms with van der Waals surface area (Å²) in [5.41, 5.74) is 3.06. The average Bonchev–Trinajstić information content (AvgIpc) is 2.84. The summed E-state index contributed by atoms with van der Waals surface area (Å²) in [5, 5.41) is 23.8. The molecule has 0 radical (unpaired) electrons. The molecule has 2 N–H and O–H groups in total. The van der Waals surface area contributed by atoms with Crippen LogP contribution in [0.25, 0.3) is 10.9 Å². The molecular formula is C25H28N4O4. The van der Waals surface area contributed by atoms with Crippen LogP contribution in [-0.4, -0.2) is 61.6 Å². The minimum absolute atomic E-state index is 0.183. The third-order valence-corrected chi connectivity index (χ3v) is 5.74. The van der Waals surface area contributed by atoms with Gasteiger partial charge in [-0.15, -0.1) is 0 Å². The van der Waals surface area contributed by atoms with Crippen LogP contribution in [0.1, 0.15) is 17.5 Å². The summed E-state index contributed by atoms with van der Waals surface area (Å²) in [6.07, 6.45) is 2.39. The van der Waals surface area contributed by atoms with Crippen molar-refractivity contribution in [1.82, 2.24) is 9.88 Å². The Morgan fingerprint density at radius 3 is 2.79 bits per heavy atom. The van der Waals surface area contributed by atoms with Crippen molar-refractivity contribution >= 4 is 22.3 Å². The molecule has 1 fully saturated rings. The highest BCUT2D eigenvalue weighted by molar-refractivity contribution is 5.99. The summed E-state index contributed by atoms with van der Waals surface area (Å²) in [4.78, 5) is 6.88. The van der Waals surface area contributed by atoms with Crippen LogP contribution in [0.15, 0.2) is 36.5 Å². The maximum absolute atomic E-state index is 10.1. The van der Waals surface area contributed by atoms with Gasteiger partial charge in [0.25, 0.3) is 0 Å². The Balaban J connectivity index is 1.61. The number of nitriles is 1. The van der Waals surface area contributed by atoms with Crippen LogP contribution in [0.3, 0.4) is 0 Å². The summed E-state index contributed by atoms with van der Waals surface area (Å²) >= 11 is 0. The fraction of sp³-hybridized carbons (Fsp3) is 0.360. The lowest BCUT2D eigenvalue weighted by Crippen LogP contribution is -2.37. The number of phenolic OH excluding ortho intramolecular Hbond substituents is 1. The number of aromatic nitrogens is 1. The Labute approximate surface area is 193 Å². The topological polar surface area (TPSA) is 99.9 Å². The average molecular weight is 449 g/mol. The second-order valence-electron chi connectivity index (χ2n) is 7.93. The molecule has 0 aliphatic carbocycles. The van der Waals surface area contributed by atoms with Crippen LogP contribution in [0, 0.1) is 18.3 Å². The molecule has 33 heavy (non-hydrogen) atoms.